The van der Waals surface area contributed by atoms with E-state index in [1.807, 2.05) is 0 Å². The Hall–Kier alpha value is -1.77. The van der Waals surface area contributed by atoms with E-state index in [0.29, 0.717) is 0 Å². The first kappa shape index (κ1) is 21.2. The van der Waals surface area contributed by atoms with Crippen molar-refractivity contribution in [2.45, 2.75) is 26.9 Å². The molecule has 128 valence electrons. The molecule has 2 aromatic carbocycles. The van der Waals surface area contributed by atoms with Crippen LogP contribution < -0.4 is 11.5 Å². The first-order chi connectivity index (χ1) is 10.7. The molecular formula is C16H24N2O4S. The maximum atomic E-state index is 8.52. The van der Waals surface area contributed by atoms with Gasteiger partial charge in [-0.25, -0.2) is 0 Å². The first-order valence-corrected chi connectivity index (χ1v) is 8.35. The lowest BCUT2D eigenvalue weighted by Crippen LogP contribution is -2.47. The molecule has 0 aromatic heterocycles. The molecule has 6 nitrogen and oxygen atoms in total. The summed E-state index contributed by atoms with van der Waals surface area (Å²) in [5.41, 5.74) is 12.8. The van der Waals surface area contributed by atoms with Crippen molar-refractivity contribution in [1.82, 2.24) is 0 Å². The van der Waals surface area contributed by atoms with Gasteiger partial charge in [0.2, 0.25) is 0 Å². The van der Waals surface area contributed by atoms with Crippen LogP contribution in [-0.4, -0.2) is 17.5 Å². The molecule has 0 bridgehead atoms. The average Bonchev–Trinajstić information content (AvgIpc) is 2.48. The summed E-state index contributed by atoms with van der Waals surface area (Å²) in [5, 5.41) is 0. The maximum Gasteiger partial charge on any atom is 0.0997 e. The minimum absolute atomic E-state index is 0.889. The molecule has 2 rings (SSSR count). The van der Waals surface area contributed by atoms with Gasteiger partial charge < -0.3 is 20.6 Å². The van der Waals surface area contributed by atoms with Crippen LogP contribution in [0.5, 0.6) is 0 Å². The van der Waals surface area contributed by atoms with Crippen molar-refractivity contribution in [1.29, 1.82) is 0 Å². The molecule has 0 atom stereocenters. The van der Waals surface area contributed by atoms with Crippen molar-refractivity contribution < 1.29 is 29.0 Å². The zero-order valence-electron chi connectivity index (χ0n) is 13.5. The average molecular weight is 340 g/mol. The maximum absolute atomic E-state index is 8.52. The molecule has 23 heavy (non-hydrogen) atoms. The van der Waals surface area contributed by atoms with Crippen LogP contribution in [-0.2, 0) is 23.5 Å². The highest BCUT2D eigenvalue weighted by molar-refractivity contribution is 7.79. The normalized spacial score (nSPS) is 10.0. The number of hydrogen-bond donors (Lipinski definition) is 2. The van der Waals surface area contributed by atoms with Gasteiger partial charge >= 0.3 is 0 Å². The van der Waals surface area contributed by atoms with E-state index in [2.05, 4.69) is 73.8 Å². The van der Waals surface area contributed by atoms with Gasteiger partial charge in [-0.15, -0.1) is 0 Å². The van der Waals surface area contributed by atoms with Crippen LogP contribution in [0.3, 0.4) is 0 Å². The fourth-order valence-corrected chi connectivity index (χ4v) is 1.51. The molecule has 0 saturated carbocycles. The van der Waals surface area contributed by atoms with E-state index < -0.39 is 10.4 Å². The van der Waals surface area contributed by atoms with Crippen LogP contribution in [0.2, 0.25) is 0 Å². The lowest BCUT2D eigenvalue weighted by Gasteiger charge is -2.06. The Kier molecular flexibility index (Phi) is 10.0. The summed E-state index contributed by atoms with van der Waals surface area (Å²) in [6.07, 6.45) is 0. The summed E-state index contributed by atoms with van der Waals surface area (Å²) in [5.74, 6) is 0. The molecule has 0 aliphatic rings. The number of benzene rings is 2. The number of hydrogen-bond acceptors (Lipinski definition) is 4. The molecule has 2 aromatic rings. The second kappa shape index (κ2) is 10.9. The lowest BCUT2D eigenvalue weighted by molar-refractivity contribution is -0.386. The van der Waals surface area contributed by atoms with Crippen molar-refractivity contribution in [2.24, 2.45) is 0 Å². The van der Waals surface area contributed by atoms with E-state index in [1.165, 1.54) is 22.3 Å². The van der Waals surface area contributed by atoms with Crippen molar-refractivity contribution in [3.05, 3.63) is 70.8 Å². The Morgan fingerprint density at radius 2 is 0.957 bits per heavy atom. The molecule has 7 heteroatoms. The molecule has 0 amide bonds. The highest BCUT2D eigenvalue weighted by atomic mass is 32.3. The molecule has 0 spiro atoms. The molecule has 0 heterocycles. The Balaban J connectivity index is 0.000000332. The standard InChI is InChI=1S/2C8H11N.H2O4S/c2*1-7-2-4-8(6-9)5-3-7;1-5(2,3)4/h2*2-5H,6,9H2,1H3;(H2,1,2,3,4). The van der Waals surface area contributed by atoms with Gasteiger partial charge in [0.25, 0.3) is 0 Å². The van der Waals surface area contributed by atoms with Gasteiger partial charge in [-0.2, -0.15) is 0 Å². The van der Waals surface area contributed by atoms with Crippen LogP contribution in [0.15, 0.2) is 48.5 Å². The van der Waals surface area contributed by atoms with Gasteiger partial charge in [-0.1, -0.05) is 59.7 Å². The molecule has 6 N–H and O–H groups in total. The molecule has 0 aliphatic heterocycles. The Morgan fingerprint density at radius 3 is 1.13 bits per heavy atom. The summed E-state index contributed by atoms with van der Waals surface area (Å²) in [6, 6.07) is 16.9. The summed E-state index contributed by atoms with van der Waals surface area (Å²) in [4.78, 5) is 0. The minimum Gasteiger partial charge on any atom is -0.759 e. The van der Waals surface area contributed by atoms with E-state index in [-0.39, 0.29) is 0 Å². The molecule has 0 unspecified atom stereocenters. The highest BCUT2D eigenvalue weighted by Crippen LogP contribution is 2.00. The summed E-state index contributed by atoms with van der Waals surface area (Å²) in [6.45, 7) is 5.96. The molecule has 0 radical (unpaired) electrons. The van der Waals surface area contributed by atoms with Gasteiger partial charge in [-0.3, -0.25) is 8.42 Å². The number of quaternary nitrogens is 2. The van der Waals surface area contributed by atoms with Crippen molar-refractivity contribution in [3.63, 3.8) is 0 Å². The summed E-state index contributed by atoms with van der Waals surface area (Å²) < 4.78 is 34.1. The highest BCUT2D eigenvalue weighted by Gasteiger charge is 1.88. The minimum atomic E-state index is -5.17. The van der Waals surface area contributed by atoms with E-state index >= 15 is 0 Å². The topological polar surface area (TPSA) is 136 Å². The quantitative estimate of drug-likeness (QED) is 0.593. The van der Waals surface area contributed by atoms with Gasteiger partial charge in [0.15, 0.2) is 0 Å². The summed E-state index contributed by atoms with van der Waals surface area (Å²) >= 11 is 0. The third-order valence-corrected chi connectivity index (χ3v) is 2.82. The molecule has 0 aliphatic carbocycles. The van der Waals surface area contributed by atoms with Crippen LogP contribution >= 0.6 is 0 Å². The van der Waals surface area contributed by atoms with Gasteiger partial charge in [-0.05, 0) is 13.8 Å². The van der Waals surface area contributed by atoms with Crippen molar-refractivity contribution in [2.75, 3.05) is 0 Å². The monoisotopic (exact) mass is 340 g/mol. The van der Waals surface area contributed by atoms with Crippen molar-refractivity contribution >= 4 is 10.4 Å². The van der Waals surface area contributed by atoms with Crippen LogP contribution in [0.25, 0.3) is 0 Å². The lowest BCUT2D eigenvalue weighted by atomic mass is 10.2. The molecule has 0 fully saturated rings. The van der Waals surface area contributed by atoms with Crippen molar-refractivity contribution in [3.8, 4) is 0 Å². The van der Waals surface area contributed by atoms with Crippen LogP contribution in [0.4, 0.5) is 0 Å². The Morgan fingerprint density at radius 1 is 0.739 bits per heavy atom. The predicted molar refractivity (Wildman–Crippen MR) is 86.0 cm³/mol. The third-order valence-electron chi connectivity index (χ3n) is 2.82. The zero-order valence-corrected chi connectivity index (χ0v) is 14.3. The third kappa shape index (κ3) is 13.6. The second-order valence-electron chi connectivity index (χ2n) is 4.88. The molecular weight excluding hydrogens is 316 g/mol. The number of rotatable bonds is 2. The largest absolute Gasteiger partial charge is 0.759 e. The van der Waals surface area contributed by atoms with Crippen LogP contribution in [0.1, 0.15) is 22.3 Å². The van der Waals surface area contributed by atoms with E-state index in [1.54, 1.807) is 0 Å². The van der Waals surface area contributed by atoms with Gasteiger partial charge in [0.1, 0.15) is 0 Å². The number of aryl methyl sites for hydroxylation is 2. The summed E-state index contributed by atoms with van der Waals surface area (Å²) in [7, 11) is -5.17. The van der Waals surface area contributed by atoms with Crippen LogP contribution in [0, 0.1) is 13.8 Å². The van der Waals surface area contributed by atoms with E-state index in [0.717, 1.165) is 13.1 Å². The molecule has 0 saturated heterocycles. The zero-order chi connectivity index (χ0) is 17.9. The Bertz CT molecular complexity index is 600. The Labute approximate surface area is 137 Å². The van der Waals surface area contributed by atoms with E-state index in [9.17, 15) is 0 Å². The van der Waals surface area contributed by atoms with E-state index in [4.69, 9.17) is 17.5 Å². The smallest absolute Gasteiger partial charge is 0.0997 e. The predicted octanol–water partition coefficient (Wildman–Crippen LogP) is 0.136. The van der Waals surface area contributed by atoms with Gasteiger partial charge in [0.05, 0.1) is 13.1 Å². The fourth-order valence-electron chi connectivity index (χ4n) is 1.51. The SMILES string of the molecule is Cc1ccc(C[NH3+])cc1.Cc1ccc(C[NH3+])cc1.O=S(=O)([O-])[O-]. The fraction of sp³-hybridized carbons (Fsp3) is 0.250. The second-order valence-corrected chi connectivity index (χ2v) is 5.70. The van der Waals surface area contributed by atoms with Gasteiger partial charge in [0, 0.05) is 21.5 Å². The first-order valence-electron chi connectivity index (χ1n) is 7.02.